The molecule has 0 radical (unpaired) electrons. The Bertz CT molecular complexity index is 725. The number of benzene rings is 1. The summed E-state index contributed by atoms with van der Waals surface area (Å²) in [6, 6.07) is 5.91. The second kappa shape index (κ2) is 5.34. The van der Waals surface area contributed by atoms with Crippen molar-refractivity contribution in [3.05, 3.63) is 35.5 Å². The third kappa shape index (κ3) is 2.88. The van der Waals surface area contributed by atoms with Gasteiger partial charge >= 0.3 is 0 Å². The Morgan fingerprint density at radius 1 is 1.35 bits per heavy atom. The molecule has 0 unspecified atom stereocenters. The normalized spacial score (nSPS) is 11.8. The van der Waals surface area contributed by atoms with E-state index in [-0.39, 0.29) is 16.6 Å². The number of hydrogen-bond donors (Lipinski definition) is 2. The van der Waals surface area contributed by atoms with Crippen LogP contribution in [0.4, 0.5) is 11.5 Å². The molecule has 0 saturated carbocycles. The van der Waals surface area contributed by atoms with E-state index in [1.165, 1.54) is 24.4 Å². The molecule has 0 amide bonds. The molecular weight excluding hydrogens is 300 g/mol. The summed E-state index contributed by atoms with van der Waals surface area (Å²) in [6.45, 7) is 3.80. The van der Waals surface area contributed by atoms with Gasteiger partial charge < -0.3 is 5.73 Å². The number of sulfonamides is 1. The highest BCUT2D eigenvalue weighted by Gasteiger charge is 2.20. The maximum atomic E-state index is 12.4. The molecule has 0 saturated heterocycles. The van der Waals surface area contributed by atoms with Gasteiger partial charge in [0.2, 0.25) is 0 Å². The van der Waals surface area contributed by atoms with E-state index in [9.17, 15) is 8.42 Å². The highest BCUT2D eigenvalue weighted by Crippen LogP contribution is 2.25. The Hall–Kier alpha value is -1.73. The number of nitrogens with one attached hydrogen (secondary N) is 1. The first-order valence-electron chi connectivity index (χ1n) is 5.92. The second-order valence-electron chi connectivity index (χ2n) is 4.54. The summed E-state index contributed by atoms with van der Waals surface area (Å²) in [5.41, 5.74) is 5.84. The van der Waals surface area contributed by atoms with Crippen molar-refractivity contribution in [2.45, 2.75) is 24.8 Å². The van der Waals surface area contributed by atoms with Crippen LogP contribution in [0.1, 0.15) is 19.9 Å². The molecule has 0 spiro atoms. The predicted octanol–water partition coefficient (Wildman–Crippen LogP) is 2.50. The molecule has 3 N–H and O–H groups in total. The average molecular weight is 315 g/mol. The van der Waals surface area contributed by atoms with E-state index in [0.717, 1.165) is 0 Å². The van der Waals surface area contributed by atoms with Gasteiger partial charge in [0.15, 0.2) is 0 Å². The minimum Gasteiger partial charge on any atom is -0.398 e. The molecule has 0 fully saturated rings. The van der Waals surface area contributed by atoms with Crippen LogP contribution in [0.25, 0.3) is 0 Å². The van der Waals surface area contributed by atoms with Crippen LogP contribution in [0.2, 0.25) is 5.02 Å². The van der Waals surface area contributed by atoms with Gasteiger partial charge in [0.05, 0.1) is 11.9 Å². The summed E-state index contributed by atoms with van der Waals surface area (Å²) in [7, 11) is -3.81. The molecule has 0 atom stereocenters. The number of anilines is 2. The number of halogens is 1. The molecule has 6 nitrogen and oxygen atoms in total. The number of hydrogen-bond acceptors (Lipinski definition) is 4. The smallest absolute Gasteiger partial charge is 0.265 e. The topological polar surface area (TPSA) is 90.0 Å². The van der Waals surface area contributed by atoms with E-state index in [2.05, 4.69) is 9.82 Å². The first kappa shape index (κ1) is 14.7. The van der Waals surface area contributed by atoms with Crippen LogP contribution in [0.15, 0.2) is 35.4 Å². The van der Waals surface area contributed by atoms with Crippen LogP contribution in [0, 0.1) is 0 Å². The van der Waals surface area contributed by atoms with Crippen LogP contribution in [-0.4, -0.2) is 18.2 Å². The molecule has 0 aliphatic heterocycles. The number of nitrogen functional groups attached to an aromatic ring is 1. The van der Waals surface area contributed by atoms with E-state index in [1.807, 2.05) is 13.8 Å². The standard InChI is InChI=1S/C12H15ClN4O2S/c1-8(2)17-12(5-6-15-17)16-20(18,19)11-7-9(13)3-4-10(11)14/h3-8,16H,14H2,1-2H3. The minimum absolute atomic E-state index is 0.0272. The Balaban J connectivity index is 2.41. The molecule has 0 aliphatic rings. The highest BCUT2D eigenvalue weighted by atomic mass is 35.5. The molecule has 108 valence electrons. The van der Waals surface area contributed by atoms with Crippen molar-refractivity contribution < 1.29 is 8.42 Å². The van der Waals surface area contributed by atoms with Gasteiger partial charge in [-0.05, 0) is 32.0 Å². The number of rotatable bonds is 4. The Morgan fingerprint density at radius 2 is 2.05 bits per heavy atom. The van der Waals surface area contributed by atoms with E-state index in [1.54, 1.807) is 10.7 Å². The first-order chi connectivity index (χ1) is 9.31. The Kier molecular flexibility index (Phi) is 3.92. The lowest BCUT2D eigenvalue weighted by Crippen LogP contribution is -2.18. The first-order valence-corrected chi connectivity index (χ1v) is 7.79. The van der Waals surface area contributed by atoms with Crippen molar-refractivity contribution in [3.8, 4) is 0 Å². The zero-order valence-electron chi connectivity index (χ0n) is 11.0. The average Bonchev–Trinajstić information content (AvgIpc) is 2.79. The summed E-state index contributed by atoms with van der Waals surface area (Å²) in [4.78, 5) is -0.0542. The van der Waals surface area contributed by atoms with Crippen LogP contribution >= 0.6 is 11.6 Å². The van der Waals surface area contributed by atoms with Gasteiger partial charge in [-0.3, -0.25) is 4.72 Å². The van der Waals surface area contributed by atoms with Crippen molar-refractivity contribution in [1.29, 1.82) is 0 Å². The van der Waals surface area contributed by atoms with Crippen molar-refractivity contribution in [2.75, 3.05) is 10.5 Å². The fraction of sp³-hybridized carbons (Fsp3) is 0.250. The third-order valence-electron chi connectivity index (χ3n) is 2.66. The SMILES string of the molecule is CC(C)n1nccc1NS(=O)(=O)c1cc(Cl)ccc1N. The quantitative estimate of drug-likeness (QED) is 0.848. The molecule has 2 aromatic rings. The van der Waals surface area contributed by atoms with Crippen molar-refractivity contribution in [2.24, 2.45) is 0 Å². The fourth-order valence-corrected chi connectivity index (χ4v) is 3.18. The van der Waals surface area contributed by atoms with Gasteiger partial charge in [-0.2, -0.15) is 5.10 Å². The highest BCUT2D eigenvalue weighted by molar-refractivity contribution is 7.92. The van der Waals surface area contributed by atoms with Gasteiger partial charge in [0.25, 0.3) is 10.0 Å². The fourth-order valence-electron chi connectivity index (χ4n) is 1.74. The lowest BCUT2D eigenvalue weighted by atomic mass is 10.3. The lowest BCUT2D eigenvalue weighted by Gasteiger charge is -2.14. The van der Waals surface area contributed by atoms with Gasteiger partial charge in [-0.1, -0.05) is 11.6 Å². The van der Waals surface area contributed by atoms with Gasteiger partial charge in [0, 0.05) is 17.1 Å². The molecule has 1 aromatic heterocycles. The lowest BCUT2D eigenvalue weighted by molar-refractivity contribution is 0.539. The van der Waals surface area contributed by atoms with Crippen LogP contribution in [-0.2, 0) is 10.0 Å². The minimum atomic E-state index is -3.81. The summed E-state index contributed by atoms with van der Waals surface area (Å²) >= 11 is 5.82. The molecule has 0 aliphatic carbocycles. The third-order valence-corrected chi connectivity index (χ3v) is 4.31. The van der Waals surface area contributed by atoms with Crippen molar-refractivity contribution >= 4 is 33.1 Å². The van der Waals surface area contributed by atoms with E-state index < -0.39 is 10.0 Å². The maximum Gasteiger partial charge on any atom is 0.265 e. The Labute approximate surface area is 122 Å². The zero-order valence-corrected chi connectivity index (χ0v) is 12.6. The summed E-state index contributed by atoms with van der Waals surface area (Å²) in [5.74, 6) is 0.374. The summed E-state index contributed by atoms with van der Waals surface area (Å²) in [6.07, 6.45) is 1.53. The molecule has 0 bridgehead atoms. The zero-order chi connectivity index (χ0) is 14.9. The van der Waals surface area contributed by atoms with Gasteiger partial charge in [-0.25, -0.2) is 13.1 Å². The molecule has 8 heteroatoms. The molecule has 1 aromatic carbocycles. The predicted molar refractivity (Wildman–Crippen MR) is 79.3 cm³/mol. The van der Waals surface area contributed by atoms with Gasteiger partial charge in [-0.15, -0.1) is 0 Å². The van der Waals surface area contributed by atoms with Crippen LogP contribution < -0.4 is 10.5 Å². The van der Waals surface area contributed by atoms with E-state index in [4.69, 9.17) is 17.3 Å². The van der Waals surface area contributed by atoms with Crippen LogP contribution in [0.3, 0.4) is 0 Å². The molecule has 2 rings (SSSR count). The number of aromatic nitrogens is 2. The maximum absolute atomic E-state index is 12.4. The summed E-state index contributed by atoms with van der Waals surface area (Å²) in [5, 5.41) is 4.37. The number of nitrogens with two attached hydrogens (primary N) is 1. The van der Waals surface area contributed by atoms with E-state index in [0.29, 0.717) is 10.8 Å². The molecular formula is C12H15ClN4O2S. The monoisotopic (exact) mass is 314 g/mol. The number of nitrogens with zero attached hydrogens (tertiary/aromatic N) is 2. The molecule has 1 heterocycles. The van der Waals surface area contributed by atoms with Crippen molar-refractivity contribution in [3.63, 3.8) is 0 Å². The Morgan fingerprint density at radius 3 is 2.70 bits per heavy atom. The molecule has 20 heavy (non-hydrogen) atoms. The largest absolute Gasteiger partial charge is 0.398 e. The van der Waals surface area contributed by atoms with Gasteiger partial charge in [0.1, 0.15) is 10.7 Å². The van der Waals surface area contributed by atoms with Crippen molar-refractivity contribution in [1.82, 2.24) is 9.78 Å². The summed E-state index contributed by atoms with van der Waals surface area (Å²) < 4.78 is 28.7. The van der Waals surface area contributed by atoms with Crippen LogP contribution in [0.5, 0.6) is 0 Å². The van der Waals surface area contributed by atoms with E-state index >= 15 is 0 Å². The second-order valence-corrected chi connectivity index (χ2v) is 6.63.